The van der Waals surface area contributed by atoms with Crippen LogP contribution in [0.5, 0.6) is 0 Å². The van der Waals surface area contributed by atoms with Crippen LogP contribution in [-0.4, -0.2) is 42.9 Å². The fraction of sp³-hybridized carbons (Fsp3) is 0.500. The van der Waals surface area contributed by atoms with Crippen LogP contribution in [0.3, 0.4) is 0 Å². The van der Waals surface area contributed by atoms with Gasteiger partial charge in [-0.25, -0.2) is 4.39 Å². The maximum absolute atomic E-state index is 13.6. The Morgan fingerprint density at radius 3 is 2.85 bits per heavy atom. The molecule has 1 aromatic carbocycles. The quantitative estimate of drug-likeness (QED) is 0.855. The predicted octanol–water partition coefficient (Wildman–Crippen LogP) is 1.78. The largest absolute Gasteiger partial charge is 0.384 e. The summed E-state index contributed by atoms with van der Waals surface area (Å²) in [7, 11) is 2.08. The van der Waals surface area contributed by atoms with Gasteiger partial charge in [-0.3, -0.25) is 4.90 Å². The lowest BCUT2D eigenvalue weighted by atomic mass is 10.1. The first-order valence-electron chi connectivity index (χ1n) is 6.87. The van der Waals surface area contributed by atoms with E-state index in [4.69, 9.17) is 9.84 Å². The molecule has 0 amide bonds. The van der Waals surface area contributed by atoms with Crippen molar-refractivity contribution in [3.8, 4) is 11.8 Å². The van der Waals surface area contributed by atoms with Crippen molar-refractivity contribution in [2.75, 3.05) is 26.9 Å². The lowest BCUT2D eigenvalue weighted by Gasteiger charge is -2.31. The molecular weight excluding hydrogens is 257 g/mol. The fourth-order valence-corrected chi connectivity index (χ4v) is 2.44. The second-order valence-electron chi connectivity index (χ2n) is 5.03. The first-order chi connectivity index (χ1) is 9.70. The SMILES string of the molecule is CN(Cc1ccc(F)c(C#CCO)c1)C1CCOCC1. The predicted molar refractivity (Wildman–Crippen MR) is 75.7 cm³/mol. The molecule has 1 aliphatic heterocycles. The number of hydrogen-bond acceptors (Lipinski definition) is 3. The number of halogens is 1. The van der Waals surface area contributed by atoms with Gasteiger partial charge in [0.25, 0.3) is 0 Å². The van der Waals surface area contributed by atoms with Crippen LogP contribution in [0.1, 0.15) is 24.0 Å². The fourth-order valence-electron chi connectivity index (χ4n) is 2.44. The van der Waals surface area contributed by atoms with Gasteiger partial charge in [-0.05, 0) is 37.6 Å². The molecule has 4 heteroatoms. The van der Waals surface area contributed by atoms with Crippen LogP contribution in [0.2, 0.25) is 0 Å². The normalized spacial score (nSPS) is 16.0. The molecule has 0 aliphatic carbocycles. The van der Waals surface area contributed by atoms with E-state index < -0.39 is 0 Å². The topological polar surface area (TPSA) is 32.7 Å². The summed E-state index contributed by atoms with van der Waals surface area (Å²) in [6.45, 7) is 2.13. The molecule has 0 spiro atoms. The Bertz CT molecular complexity index is 501. The number of hydrogen-bond donors (Lipinski definition) is 1. The van der Waals surface area contributed by atoms with E-state index in [-0.39, 0.29) is 12.4 Å². The molecule has 0 radical (unpaired) electrons. The lowest BCUT2D eigenvalue weighted by Crippen LogP contribution is -2.36. The molecule has 3 nitrogen and oxygen atoms in total. The highest BCUT2D eigenvalue weighted by Crippen LogP contribution is 2.17. The zero-order chi connectivity index (χ0) is 14.4. The molecule has 2 rings (SSSR count). The number of aliphatic hydroxyl groups excluding tert-OH is 1. The Kier molecular flexibility index (Phi) is 5.54. The highest BCUT2D eigenvalue weighted by atomic mass is 19.1. The molecule has 108 valence electrons. The monoisotopic (exact) mass is 277 g/mol. The van der Waals surface area contributed by atoms with Crippen LogP contribution in [0, 0.1) is 17.7 Å². The smallest absolute Gasteiger partial charge is 0.138 e. The first kappa shape index (κ1) is 15.0. The van der Waals surface area contributed by atoms with Gasteiger partial charge in [0.1, 0.15) is 12.4 Å². The highest BCUT2D eigenvalue weighted by Gasteiger charge is 2.18. The number of aliphatic hydroxyl groups is 1. The highest BCUT2D eigenvalue weighted by molar-refractivity contribution is 5.38. The van der Waals surface area contributed by atoms with Crippen molar-refractivity contribution in [1.29, 1.82) is 0 Å². The minimum absolute atomic E-state index is 0.258. The van der Waals surface area contributed by atoms with Crippen molar-refractivity contribution in [2.45, 2.75) is 25.4 Å². The molecule has 1 saturated heterocycles. The molecular formula is C16H20FNO2. The van der Waals surface area contributed by atoms with E-state index in [0.29, 0.717) is 11.6 Å². The van der Waals surface area contributed by atoms with E-state index >= 15 is 0 Å². The van der Waals surface area contributed by atoms with E-state index in [9.17, 15) is 4.39 Å². The van der Waals surface area contributed by atoms with E-state index in [1.165, 1.54) is 6.07 Å². The van der Waals surface area contributed by atoms with E-state index in [0.717, 1.165) is 38.2 Å². The van der Waals surface area contributed by atoms with Crippen LogP contribution in [0.4, 0.5) is 4.39 Å². The Morgan fingerprint density at radius 1 is 1.40 bits per heavy atom. The molecule has 1 fully saturated rings. The van der Waals surface area contributed by atoms with Gasteiger partial charge >= 0.3 is 0 Å². The van der Waals surface area contributed by atoms with Crippen molar-refractivity contribution >= 4 is 0 Å². The Balaban J connectivity index is 2.05. The molecule has 0 unspecified atom stereocenters. The van der Waals surface area contributed by atoms with Gasteiger partial charge in [0.05, 0.1) is 5.56 Å². The molecule has 0 atom stereocenters. The van der Waals surface area contributed by atoms with Gasteiger partial charge in [0.15, 0.2) is 0 Å². The maximum atomic E-state index is 13.6. The van der Waals surface area contributed by atoms with Crippen molar-refractivity contribution in [1.82, 2.24) is 4.90 Å². The molecule has 0 aromatic heterocycles. The summed E-state index contributed by atoms with van der Waals surface area (Å²) in [5.41, 5.74) is 1.37. The van der Waals surface area contributed by atoms with E-state index in [1.54, 1.807) is 12.1 Å². The van der Waals surface area contributed by atoms with E-state index in [1.807, 2.05) is 0 Å². The molecule has 0 bridgehead atoms. The number of benzene rings is 1. The number of nitrogens with zero attached hydrogens (tertiary/aromatic N) is 1. The summed E-state index contributed by atoms with van der Waals surface area (Å²) in [5, 5.41) is 8.69. The summed E-state index contributed by atoms with van der Waals surface area (Å²) in [6, 6.07) is 5.50. The number of rotatable bonds is 3. The first-order valence-corrected chi connectivity index (χ1v) is 6.87. The minimum Gasteiger partial charge on any atom is -0.384 e. The summed E-state index contributed by atoms with van der Waals surface area (Å²) < 4.78 is 18.9. The Labute approximate surface area is 119 Å². The summed E-state index contributed by atoms with van der Waals surface area (Å²) >= 11 is 0. The van der Waals surface area contributed by atoms with Gasteiger partial charge in [0, 0.05) is 25.8 Å². The molecule has 1 N–H and O–H groups in total. The van der Waals surface area contributed by atoms with Crippen molar-refractivity contribution in [3.63, 3.8) is 0 Å². The molecule has 0 saturated carbocycles. The van der Waals surface area contributed by atoms with Crippen LogP contribution >= 0.6 is 0 Å². The van der Waals surface area contributed by atoms with Crippen molar-refractivity contribution in [3.05, 3.63) is 35.1 Å². The van der Waals surface area contributed by atoms with Gasteiger partial charge < -0.3 is 9.84 Å². The molecule has 1 aliphatic rings. The molecule has 1 heterocycles. The van der Waals surface area contributed by atoms with Gasteiger partial charge in [-0.2, -0.15) is 0 Å². The average Bonchev–Trinajstić information content (AvgIpc) is 2.48. The van der Waals surface area contributed by atoms with Crippen LogP contribution in [0.25, 0.3) is 0 Å². The lowest BCUT2D eigenvalue weighted by molar-refractivity contribution is 0.0407. The van der Waals surface area contributed by atoms with Gasteiger partial charge in [-0.15, -0.1) is 0 Å². The standard InChI is InChI=1S/C16H20FNO2/c1-18(15-6-9-20-10-7-15)12-13-4-5-16(17)14(11-13)3-2-8-19/h4-5,11,15,19H,6-10,12H2,1H3. The van der Waals surface area contributed by atoms with Crippen LogP contribution in [-0.2, 0) is 11.3 Å². The second-order valence-corrected chi connectivity index (χ2v) is 5.03. The zero-order valence-corrected chi connectivity index (χ0v) is 11.7. The van der Waals surface area contributed by atoms with Crippen molar-refractivity contribution < 1.29 is 14.2 Å². The Morgan fingerprint density at radius 2 is 2.15 bits per heavy atom. The average molecular weight is 277 g/mol. The molecule has 1 aromatic rings. The Hall–Kier alpha value is -1.41. The third-order valence-corrected chi connectivity index (χ3v) is 3.58. The zero-order valence-electron chi connectivity index (χ0n) is 11.7. The van der Waals surface area contributed by atoms with Gasteiger partial charge in [-0.1, -0.05) is 17.9 Å². The third-order valence-electron chi connectivity index (χ3n) is 3.58. The summed E-state index contributed by atoms with van der Waals surface area (Å²) in [5.74, 6) is 4.78. The number of ether oxygens (including phenoxy) is 1. The minimum atomic E-state index is -0.344. The third kappa shape index (κ3) is 4.04. The van der Waals surface area contributed by atoms with Gasteiger partial charge in [0.2, 0.25) is 0 Å². The maximum Gasteiger partial charge on any atom is 0.138 e. The molecule has 20 heavy (non-hydrogen) atoms. The van der Waals surface area contributed by atoms with Crippen LogP contribution < -0.4 is 0 Å². The second kappa shape index (κ2) is 7.39. The van der Waals surface area contributed by atoms with E-state index in [2.05, 4.69) is 23.8 Å². The van der Waals surface area contributed by atoms with Crippen molar-refractivity contribution in [2.24, 2.45) is 0 Å². The van der Waals surface area contributed by atoms with Crippen LogP contribution in [0.15, 0.2) is 18.2 Å². The summed E-state index contributed by atoms with van der Waals surface area (Å²) in [6.07, 6.45) is 2.07. The summed E-state index contributed by atoms with van der Waals surface area (Å²) in [4.78, 5) is 2.28.